The van der Waals surface area contributed by atoms with E-state index in [2.05, 4.69) is 9.88 Å². The number of nitrogens with one attached hydrogen (secondary N) is 1. The molecule has 3 aliphatic heterocycles. The summed E-state index contributed by atoms with van der Waals surface area (Å²) in [5.41, 5.74) is 1.92. The van der Waals surface area contributed by atoms with Gasteiger partial charge in [-0.05, 0) is 79.4 Å². The fourth-order valence-electron chi connectivity index (χ4n) is 6.46. The van der Waals surface area contributed by atoms with Crippen LogP contribution in [0.5, 0.6) is 17.2 Å². The van der Waals surface area contributed by atoms with Gasteiger partial charge in [-0.25, -0.2) is 19.0 Å². The third kappa shape index (κ3) is 7.90. The first-order chi connectivity index (χ1) is 24.1. The Hall–Kier alpha value is -4.58. The van der Waals surface area contributed by atoms with Crippen molar-refractivity contribution in [3.8, 4) is 17.2 Å². The molecule has 0 spiro atoms. The smallest absolute Gasteiger partial charge is 0.415 e. The average Bonchev–Trinajstić information content (AvgIpc) is 3.13. The number of piperidine rings is 3. The van der Waals surface area contributed by atoms with Crippen LogP contribution in [0.3, 0.4) is 0 Å². The molecule has 50 heavy (non-hydrogen) atoms. The predicted molar refractivity (Wildman–Crippen MR) is 185 cm³/mol. The Morgan fingerprint density at radius 3 is 2.32 bits per heavy atom. The molecule has 3 aliphatic rings. The quantitative estimate of drug-likeness (QED) is 0.164. The highest BCUT2D eigenvalue weighted by atomic mass is 35.5. The third-order valence-corrected chi connectivity index (χ3v) is 9.91. The summed E-state index contributed by atoms with van der Waals surface area (Å²) in [6.07, 6.45) is 3.39. The van der Waals surface area contributed by atoms with E-state index in [9.17, 15) is 14.7 Å². The number of rotatable bonds is 11. The Bertz CT molecular complexity index is 1830. The number of ether oxygens (including phenoxy) is 4. The summed E-state index contributed by atoms with van der Waals surface area (Å²) in [7, 11) is 3.04. The van der Waals surface area contributed by atoms with Gasteiger partial charge < -0.3 is 24.1 Å². The Balaban J connectivity index is 1.22. The van der Waals surface area contributed by atoms with E-state index in [0.717, 1.165) is 36.9 Å². The van der Waals surface area contributed by atoms with Crippen molar-refractivity contribution in [2.45, 2.75) is 38.0 Å². The van der Waals surface area contributed by atoms with Crippen molar-refractivity contribution in [2.75, 3.05) is 38.8 Å². The predicted octanol–water partition coefficient (Wildman–Crippen LogP) is 7.05. The molecule has 2 atom stereocenters. The molecule has 0 radical (unpaired) electrons. The second kappa shape index (κ2) is 15.5. The molecule has 13 heteroatoms. The minimum Gasteiger partial charge on any atom is -0.508 e. The summed E-state index contributed by atoms with van der Waals surface area (Å²) in [5, 5.41) is 10.9. The van der Waals surface area contributed by atoms with Gasteiger partial charge in [-0.1, -0.05) is 41.4 Å². The zero-order valence-electron chi connectivity index (χ0n) is 27.5. The monoisotopic (exact) mass is 724 g/mol. The number of halogens is 3. The van der Waals surface area contributed by atoms with E-state index < -0.39 is 24.0 Å². The molecule has 4 aromatic rings. The molecule has 10 nitrogen and oxygen atoms in total. The zero-order valence-corrected chi connectivity index (χ0v) is 29.0. The van der Waals surface area contributed by atoms with Gasteiger partial charge in [-0.3, -0.25) is 9.80 Å². The lowest BCUT2D eigenvalue weighted by atomic mass is 9.86. The van der Waals surface area contributed by atoms with Gasteiger partial charge in [-0.2, -0.15) is 0 Å². The standard InChI is InChI=1S/C37H36Cl2FN3O7/c1-47-32-10-7-25(15-34(32)48-2)33(17-27-28(38)18-41-19-29(27)39)49-36(45)24-5-3-22(4-6-24)20-43(31-16-26(44)8-9-30(31)40)37(46)50-35-21-42-13-11-23(35)12-14-42/h3-10,15-16,18-19,23,33,35,44H,11-14,17,20-21H2,1-2H3/p+1/t33-,35-/m0/s1. The Morgan fingerprint density at radius 2 is 1.68 bits per heavy atom. The first-order valence-corrected chi connectivity index (χ1v) is 16.9. The number of methoxy groups -OCH3 is 2. The minimum absolute atomic E-state index is 0.0775. The fourth-order valence-corrected chi connectivity index (χ4v) is 6.99. The van der Waals surface area contributed by atoms with Crippen molar-refractivity contribution < 1.29 is 43.0 Å². The van der Waals surface area contributed by atoms with Crippen LogP contribution in [0, 0.1) is 11.7 Å². The number of fused-ring (bicyclic) bond motifs is 3. The molecule has 3 fully saturated rings. The van der Waals surface area contributed by atoms with E-state index in [4.69, 9.17) is 42.1 Å². The number of pyridine rings is 1. The number of hydrogen-bond acceptors (Lipinski definition) is 8. The number of carbonyl (C=O) groups excluding carboxylic acids is 2. The van der Waals surface area contributed by atoms with Crippen molar-refractivity contribution in [3.63, 3.8) is 0 Å². The van der Waals surface area contributed by atoms with E-state index in [1.807, 2.05) is 0 Å². The van der Waals surface area contributed by atoms with Crippen molar-refractivity contribution >= 4 is 41.0 Å². The number of phenolic OH excluding ortho intramolecular Hbond substituents is 1. The SMILES string of the molecule is COc1ccc([C@H](Cc2c(Cl)c[nH+]cc2Cl)OC(=O)c2ccc(CN(C(=O)O[C@H]3CN4CCC3CC4)c3cc(O)ccc3F)cc2)cc1OC. The highest BCUT2D eigenvalue weighted by molar-refractivity contribution is 6.35. The summed E-state index contributed by atoms with van der Waals surface area (Å²) >= 11 is 12.9. The van der Waals surface area contributed by atoms with Crippen LogP contribution in [0.1, 0.15) is 46.0 Å². The largest absolute Gasteiger partial charge is 0.508 e. The molecule has 1 amide bonds. The molecule has 2 N–H and O–H groups in total. The maximum atomic E-state index is 15.1. The van der Waals surface area contributed by atoms with Crippen LogP contribution in [0.4, 0.5) is 14.9 Å². The van der Waals surface area contributed by atoms with E-state index in [-0.39, 0.29) is 42.0 Å². The maximum absolute atomic E-state index is 15.1. The Labute approximate surface area is 299 Å². The molecule has 4 heterocycles. The molecular weight excluding hydrogens is 688 g/mol. The van der Waals surface area contributed by atoms with Gasteiger partial charge in [0.15, 0.2) is 23.9 Å². The van der Waals surface area contributed by atoms with Gasteiger partial charge in [0, 0.05) is 24.6 Å². The van der Waals surface area contributed by atoms with Gasteiger partial charge in [0.25, 0.3) is 0 Å². The lowest BCUT2D eigenvalue weighted by Gasteiger charge is -2.44. The number of benzene rings is 3. The van der Waals surface area contributed by atoms with Crippen LogP contribution in [-0.2, 0) is 22.4 Å². The maximum Gasteiger partial charge on any atom is 0.415 e. The first kappa shape index (κ1) is 35.3. The number of aromatic amines is 1. The van der Waals surface area contributed by atoms with Crippen LogP contribution in [0.15, 0.2) is 73.1 Å². The average molecular weight is 726 g/mol. The Morgan fingerprint density at radius 1 is 0.980 bits per heavy atom. The molecule has 1 aromatic heterocycles. The number of anilines is 1. The van der Waals surface area contributed by atoms with Gasteiger partial charge in [-0.15, -0.1) is 0 Å². The summed E-state index contributed by atoms with van der Waals surface area (Å²) in [6, 6.07) is 15.1. The molecule has 7 rings (SSSR count). The summed E-state index contributed by atoms with van der Waals surface area (Å²) < 4.78 is 37.9. The lowest BCUT2D eigenvalue weighted by molar-refractivity contribution is -0.377. The number of esters is 1. The second-order valence-corrected chi connectivity index (χ2v) is 13.1. The molecule has 0 saturated carbocycles. The summed E-state index contributed by atoms with van der Waals surface area (Å²) in [5.74, 6) is -0.292. The van der Waals surface area contributed by atoms with Crippen molar-refractivity contribution in [3.05, 3.63) is 111 Å². The van der Waals surface area contributed by atoms with E-state index >= 15 is 4.39 Å². The zero-order chi connectivity index (χ0) is 35.4. The molecule has 0 aliphatic carbocycles. The van der Waals surface area contributed by atoms with E-state index in [0.29, 0.717) is 44.8 Å². The minimum atomic E-state index is -0.815. The third-order valence-electron chi connectivity index (χ3n) is 9.23. The number of aromatic nitrogens is 1. The van der Waals surface area contributed by atoms with Gasteiger partial charge >= 0.3 is 12.1 Å². The number of hydrogen-bond donors (Lipinski definition) is 1. The van der Waals surface area contributed by atoms with Gasteiger partial charge in [0.05, 0.1) is 32.0 Å². The topological polar surface area (TPSA) is 112 Å². The molecular formula is C37H37Cl2FN3O7+. The summed E-state index contributed by atoms with van der Waals surface area (Å²) in [4.78, 5) is 33.5. The van der Waals surface area contributed by atoms with Crippen LogP contribution in [0.2, 0.25) is 10.0 Å². The van der Waals surface area contributed by atoms with Crippen molar-refractivity contribution in [1.82, 2.24) is 4.90 Å². The lowest BCUT2D eigenvalue weighted by Crippen LogP contribution is -2.53. The van der Waals surface area contributed by atoms with Crippen molar-refractivity contribution in [2.24, 2.45) is 5.92 Å². The second-order valence-electron chi connectivity index (χ2n) is 12.3. The Kier molecular flexibility index (Phi) is 11.0. The fraction of sp³-hybridized carbons (Fsp3) is 0.324. The van der Waals surface area contributed by atoms with E-state index in [1.54, 1.807) is 54.9 Å². The first-order valence-electron chi connectivity index (χ1n) is 16.2. The normalized spacial score (nSPS) is 18.6. The van der Waals surface area contributed by atoms with Crippen LogP contribution in [-0.4, -0.2) is 62.0 Å². The van der Waals surface area contributed by atoms with Crippen LogP contribution < -0.4 is 19.4 Å². The number of carbonyl (C=O) groups is 2. The van der Waals surface area contributed by atoms with Crippen LogP contribution >= 0.6 is 23.2 Å². The van der Waals surface area contributed by atoms with Gasteiger partial charge in [0.2, 0.25) is 0 Å². The number of H-pyrrole nitrogens is 1. The highest BCUT2D eigenvalue weighted by Crippen LogP contribution is 2.36. The number of nitrogens with zero attached hydrogens (tertiary/aromatic N) is 2. The number of aromatic hydroxyl groups is 1. The summed E-state index contributed by atoms with van der Waals surface area (Å²) in [6.45, 7) is 2.50. The molecule has 0 unspecified atom stereocenters. The van der Waals surface area contributed by atoms with Crippen molar-refractivity contribution in [1.29, 1.82) is 0 Å². The number of phenols is 1. The number of amides is 1. The molecule has 3 aromatic carbocycles. The molecule has 3 saturated heterocycles. The molecule has 262 valence electrons. The van der Waals surface area contributed by atoms with Gasteiger partial charge in [0.1, 0.15) is 33.8 Å². The highest BCUT2D eigenvalue weighted by Gasteiger charge is 2.38. The van der Waals surface area contributed by atoms with Crippen LogP contribution in [0.25, 0.3) is 0 Å². The molecule has 2 bridgehead atoms. The van der Waals surface area contributed by atoms with E-state index in [1.165, 1.54) is 26.4 Å².